The van der Waals surface area contributed by atoms with Gasteiger partial charge in [0.05, 0.1) is 18.1 Å². The molecule has 1 aromatic rings. The Balaban J connectivity index is 3.12. The first-order valence-corrected chi connectivity index (χ1v) is 8.98. The Morgan fingerprint density at radius 1 is 1.17 bits per heavy atom. The van der Waals surface area contributed by atoms with Crippen LogP contribution >= 0.6 is 0 Å². The maximum atomic E-state index is 12.4. The number of carboxylic acid groups (broad SMARTS) is 1. The fourth-order valence-electron chi connectivity index (χ4n) is 1.98. The van der Waals surface area contributed by atoms with Gasteiger partial charge in [0.1, 0.15) is 6.04 Å². The lowest BCUT2D eigenvalue weighted by Crippen LogP contribution is -2.40. The van der Waals surface area contributed by atoms with Crippen molar-refractivity contribution < 1.29 is 27.8 Å². The molecule has 0 saturated carbocycles. The number of benzene rings is 1. The van der Waals surface area contributed by atoms with Gasteiger partial charge in [0, 0.05) is 6.07 Å². The Bertz CT molecular complexity index is 629. The van der Waals surface area contributed by atoms with Gasteiger partial charge in [-0.05, 0) is 32.4 Å². The molecule has 23 heavy (non-hydrogen) atoms. The summed E-state index contributed by atoms with van der Waals surface area (Å²) in [5.41, 5.74) is 0. The highest BCUT2D eigenvalue weighted by Gasteiger charge is 2.25. The molecule has 8 heteroatoms. The summed E-state index contributed by atoms with van der Waals surface area (Å²) in [5, 5.41) is 9.10. The maximum absolute atomic E-state index is 12.4. The van der Waals surface area contributed by atoms with Crippen molar-refractivity contribution in [2.24, 2.45) is 0 Å². The second-order valence-corrected chi connectivity index (χ2v) is 6.49. The van der Waals surface area contributed by atoms with Crippen molar-refractivity contribution >= 4 is 16.0 Å². The smallest absolute Gasteiger partial charge is 0.321 e. The van der Waals surface area contributed by atoms with Crippen molar-refractivity contribution in [3.63, 3.8) is 0 Å². The molecule has 130 valence electrons. The van der Waals surface area contributed by atoms with E-state index < -0.39 is 22.0 Å². The normalized spacial score (nSPS) is 12.7. The molecule has 0 aliphatic rings. The van der Waals surface area contributed by atoms with Crippen molar-refractivity contribution in [3.8, 4) is 11.5 Å². The van der Waals surface area contributed by atoms with Crippen LogP contribution in [0.15, 0.2) is 23.1 Å². The van der Waals surface area contributed by atoms with E-state index in [-0.39, 0.29) is 11.3 Å². The molecule has 7 nitrogen and oxygen atoms in total. The second-order valence-electron chi connectivity index (χ2n) is 4.78. The fourth-order valence-corrected chi connectivity index (χ4v) is 3.21. The minimum absolute atomic E-state index is 0.0632. The topological polar surface area (TPSA) is 102 Å². The molecule has 0 aliphatic heterocycles. The molecule has 1 rings (SSSR count). The maximum Gasteiger partial charge on any atom is 0.321 e. The summed E-state index contributed by atoms with van der Waals surface area (Å²) in [4.78, 5) is 11.1. The van der Waals surface area contributed by atoms with E-state index in [2.05, 4.69) is 4.72 Å². The van der Waals surface area contributed by atoms with Crippen LogP contribution in [0.4, 0.5) is 0 Å². The van der Waals surface area contributed by atoms with Crippen molar-refractivity contribution in [1.29, 1.82) is 0 Å². The van der Waals surface area contributed by atoms with Gasteiger partial charge in [-0.3, -0.25) is 4.79 Å². The third-order valence-corrected chi connectivity index (χ3v) is 4.47. The van der Waals surface area contributed by atoms with Gasteiger partial charge in [0.25, 0.3) is 0 Å². The molecular formula is C15H23NO6S. The Hall–Kier alpha value is -1.80. The number of carbonyl (C=O) groups is 1. The lowest BCUT2D eigenvalue weighted by atomic mass is 10.2. The zero-order valence-corrected chi connectivity index (χ0v) is 14.4. The van der Waals surface area contributed by atoms with Crippen LogP contribution in [-0.2, 0) is 14.8 Å². The quantitative estimate of drug-likeness (QED) is 0.672. The number of hydrogen-bond acceptors (Lipinski definition) is 5. The van der Waals surface area contributed by atoms with Gasteiger partial charge < -0.3 is 14.6 Å². The van der Waals surface area contributed by atoms with Crippen LogP contribution in [0.25, 0.3) is 0 Å². The Morgan fingerprint density at radius 2 is 1.78 bits per heavy atom. The van der Waals surface area contributed by atoms with E-state index in [0.717, 1.165) is 0 Å². The molecule has 1 atom stereocenters. The van der Waals surface area contributed by atoms with Crippen LogP contribution in [0.5, 0.6) is 11.5 Å². The Kier molecular flexibility index (Phi) is 7.31. The van der Waals surface area contributed by atoms with E-state index in [0.29, 0.717) is 31.1 Å². The van der Waals surface area contributed by atoms with Gasteiger partial charge in [-0.15, -0.1) is 0 Å². The lowest BCUT2D eigenvalue weighted by Gasteiger charge is -2.16. The molecule has 0 aliphatic carbocycles. The first-order chi connectivity index (χ1) is 10.9. The van der Waals surface area contributed by atoms with Gasteiger partial charge in [0.2, 0.25) is 10.0 Å². The number of hydrogen-bond donors (Lipinski definition) is 2. The molecule has 0 bridgehead atoms. The summed E-state index contributed by atoms with van der Waals surface area (Å²) in [7, 11) is -3.97. The van der Waals surface area contributed by atoms with Gasteiger partial charge in [-0.25, -0.2) is 8.42 Å². The molecule has 0 heterocycles. The minimum Gasteiger partial charge on any atom is -0.490 e. The fraction of sp³-hybridized carbons (Fsp3) is 0.533. The number of sulfonamides is 1. The summed E-state index contributed by atoms with van der Waals surface area (Å²) >= 11 is 0. The zero-order chi connectivity index (χ0) is 17.5. The summed E-state index contributed by atoms with van der Waals surface area (Å²) in [6.45, 7) is 6.14. The van der Waals surface area contributed by atoms with E-state index in [4.69, 9.17) is 14.6 Å². The summed E-state index contributed by atoms with van der Waals surface area (Å²) in [6.07, 6.45) is 0.761. The minimum atomic E-state index is -3.97. The van der Waals surface area contributed by atoms with Gasteiger partial charge in [-0.2, -0.15) is 4.72 Å². The van der Waals surface area contributed by atoms with Crippen LogP contribution in [0.2, 0.25) is 0 Å². The van der Waals surface area contributed by atoms with E-state index in [1.807, 2.05) is 6.92 Å². The van der Waals surface area contributed by atoms with Crippen molar-refractivity contribution in [3.05, 3.63) is 18.2 Å². The predicted octanol–water partition coefficient (Wildman–Crippen LogP) is 2.02. The molecule has 0 amide bonds. The van der Waals surface area contributed by atoms with Crippen LogP contribution in [0.3, 0.4) is 0 Å². The van der Waals surface area contributed by atoms with Crippen LogP contribution in [0.1, 0.15) is 33.6 Å². The van der Waals surface area contributed by atoms with E-state index >= 15 is 0 Å². The monoisotopic (exact) mass is 345 g/mol. The number of aliphatic carboxylic acids is 1. The van der Waals surface area contributed by atoms with Crippen molar-refractivity contribution in [2.45, 2.75) is 44.6 Å². The van der Waals surface area contributed by atoms with E-state index in [9.17, 15) is 13.2 Å². The summed E-state index contributed by atoms with van der Waals surface area (Å²) in [5.74, 6) is -0.456. The van der Waals surface area contributed by atoms with E-state index in [1.165, 1.54) is 18.2 Å². The van der Waals surface area contributed by atoms with Gasteiger partial charge in [0.15, 0.2) is 11.5 Å². The van der Waals surface area contributed by atoms with Crippen LogP contribution < -0.4 is 14.2 Å². The number of nitrogens with one attached hydrogen (secondary N) is 1. The van der Waals surface area contributed by atoms with Crippen LogP contribution in [-0.4, -0.2) is 38.7 Å². The summed E-state index contributed by atoms with van der Waals surface area (Å²) < 4.78 is 37.7. The standard InChI is InChI=1S/C15H23NO6S/c1-4-7-12(15(17)18)16-23(19,20)11-8-9-13(21-5-2)14(10-11)22-6-3/h8-10,12,16H,4-7H2,1-3H3,(H,17,18). The highest BCUT2D eigenvalue weighted by atomic mass is 32.2. The second kappa shape index (κ2) is 8.73. The average Bonchev–Trinajstić information content (AvgIpc) is 2.48. The number of carboxylic acids is 1. The highest BCUT2D eigenvalue weighted by Crippen LogP contribution is 2.30. The van der Waals surface area contributed by atoms with Gasteiger partial charge >= 0.3 is 5.97 Å². The Morgan fingerprint density at radius 3 is 2.30 bits per heavy atom. The summed E-state index contributed by atoms with van der Waals surface area (Å²) in [6, 6.07) is 3.04. The third-order valence-electron chi connectivity index (χ3n) is 3.00. The average molecular weight is 345 g/mol. The molecule has 0 fully saturated rings. The molecule has 1 unspecified atom stereocenters. The molecular weight excluding hydrogens is 322 g/mol. The molecule has 0 aromatic heterocycles. The highest BCUT2D eigenvalue weighted by molar-refractivity contribution is 7.89. The first kappa shape index (κ1) is 19.2. The van der Waals surface area contributed by atoms with Crippen LogP contribution in [0, 0.1) is 0 Å². The molecule has 2 N–H and O–H groups in total. The SMILES string of the molecule is CCCC(NS(=O)(=O)c1ccc(OCC)c(OCC)c1)C(=O)O. The number of ether oxygens (including phenoxy) is 2. The Labute approximate surface area is 136 Å². The molecule has 0 saturated heterocycles. The van der Waals surface area contributed by atoms with E-state index in [1.54, 1.807) is 13.8 Å². The van der Waals surface area contributed by atoms with Gasteiger partial charge in [-0.1, -0.05) is 13.3 Å². The van der Waals surface area contributed by atoms with Crippen molar-refractivity contribution in [2.75, 3.05) is 13.2 Å². The first-order valence-electron chi connectivity index (χ1n) is 7.50. The third kappa shape index (κ3) is 5.40. The number of rotatable bonds is 10. The lowest BCUT2D eigenvalue weighted by molar-refractivity contribution is -0.139. The zero-order valence-electron chi connectivity index (χ0n) is 13.5. The molecule has 0 radical (unpaired) electrons. The molecule has 1 aromatic carbocycles. The molecule has 0 spiro atoms. The predicted molar refractivity (Wildman–Crippen MR) is 85.4 cm³/mol. The van der Waals surface area contributed by atoms with Crippen molar-refractivity contribution in [1.82, 2.24) is 4.72 Å². The largest absolute Gasteiger partial charge is 0.490 e.